The van der Waals surface area contributed by atoms with Gasteiger partial charge in [0.05, 0.1) is 12.7 Å². The van der Waals surface area contributed by atoms with Crippen molar-refractivity contribution in [3.8, 4) is 0 Å². The van der Waals surface area contributed by atoms with E-state index in [-0.39, 0.29) is 6.17 Å². The molecule has 4 aliphatic rings. The summed E-state index contributed by atoms with van der Waals surface area (Å²) in [5, 5.41) is 0. The predicted molar refractivity (Wildman–Crippen MR) is 44.8 cm³/mol. The van der Waals surface area contributed by atoms with Gasteiger partial charge in [-0.1, -0.05) is 0 Å². The zero-order valence-electron chi connectivity index (χ0n) is 6.25. The molecule has 4 rings (SSSR count). The summed E-state index contributed by atoms with van der Waals surface area (Å²) in [5.74, 6) is 0.669. The van der Waals surface area contributed by atoms with Crippen LogP contribution in [-0.4, -0.2) is 28.6 Å². The standard InChI is InChI=1S/C7H7N5/c8-6-5-7-10-4-11(6)1-2-12(7)3-9-5/h1-4,7H,8H2. The first-order valence-corrected chi connectivity index (χ1v) is 3.67. The van der Waals surface area contributed by atoms with Crippen LogP contribution in [0.1, 0.15) is 0 Å². The number of hydrogen-bond donors (Lipinski definition) is 1. The molecule has 60 valence electrons. The predicted octanol–water partition coefficient (Wildman–Crippen LogP) is -0.387. The first-order chi connectivity index (χ1) is 5.86. The second kappa shape index (κ2) is 1.69. The maximum absolute atomic E-state index is 5.82. The van der Waals surface area contributed by atoms with E-state index in [0.717, 1.165) is 5.70 Å². The Morgan fingerprint density at radius 1 is 1.33 bits per heavy atom. The molecule has 0 aliphatic carbocycles. The number of hydrogen-bond acceptors (Lipinski definition) is 5. The highest BCUT2D eigenvalue weighted by atomic mass is 15.4. The van der Waals surface area contributed by atoms with Gasteiger partial charge in [-0.2, -0.15) is 0 Å². The van der Waals surface area contributed by atoms with Crippen molar-refractivity contribution < 1.29 is 0 Å². The van der Waals surface area contributed by atoms with E-state index in [1.54, 1.807) is 17.6 Å². The lowest BCUT2D eigenvalue weighted by molar-refractivity contribution is 0.493. The third kappa shape index (κ3) is 0.502. The van der Waals surface area contributed by atoms with E-state index < -0.39 is 0 Å². The van der Waals surface area contributed by atoms with Gasteiger partial charge < -0.3 is 10.6 Å². The number of aliphatic imine (C=N–C) groups is 2. The quantitative estimate of drug-likeness (QED) is 0.526. The van der Waals surface area contributed by atoms with Crippen molar-refractivity contribution in [1.29, 1.82) is 0 Å². The van der Waals surface area contributed by atoms with Crippen LogP contribution in [-0.2, 0) is 0 Å². The molecule has 0 amide bonds. The van der Waals surface area contributed by atoms with E-state index >= 15 is 0 Å². The molecular formula is C7H7N5. The Kier molecular flexibility index (Phi) is 0.818. The van der Waals surface area contributed by atoms with Crippen LogP contribution >= 0.6 is 0 Å². The van der Waals surface area contributed by atoms with Crippen molar-refractivity contribution in [1.82, 2.24) is 9.80 Å². The minimum absolute atomic E-state index is 0.0278. The summed E-state index contributed by atoms with van der Waals surface area (Å²) in [5.41, 5.74) is 6.66. The van der Waals surface area contributed by atoms with Crippen LogP contribution in [0.4, 0.5) is 0 Å². The lowest BCUT2D eigenvalue weighted by Crippen LogP contribution is -2.30. The third-order valence-corrected chi connectivity index (χ3v) is 2.13. The van der Waals surface area contributed by atoms with Gasteiger partial charge in [-0.25, -0.2) is 9.98 Å². The second-order valence-electron chi connectivity index (χ2n) is 2.81. The highest BCUT2D eigenvalue weighted by Crippen LogP contribution is 2.27. The van der Waals surface area contributed by atoms with E-state index in [1.165, 1.54) is 0 Å². The van der Waals surface area contributed by atoms with E-state index in [0.29, 0.717) is 5.82 Å². The summed E-state index contributed by atoms with van der Waals surface area (Å²) in [6, 6.07) is 0. The SMILES string of the molecule is NC1=C2N=CN3C=CN1C=NC23. The summed E-state index contributed by atoms with van der Waals surface area (Å²) < 4.78 is 0. The molecule has 0 fully saturated rings. The smallest absolute Gasteiger partial charge is 0.174 e. The van der Waals surface area contributed by atoms with Gasteiger partial charge in [-0.15, -0.1) is 0 Å². The van der Waals surface area contributed by atoms with Gasteiger partial charge in [0, 0.05) is 12.4 Å². The maximum atomic E-state index is 5.82. The van der Waals surface area contributed by atoms with Crippen LogP contribution in [0.15, 0.2) is 33.9 Å². The first-order valence-electron chi connectivity index (χ1n) is 3.67. The Bertz CT molecular complexity index is 351. The molecule has 0 saturated carbocycles. The summed E-state index contributed by atoms with van der Waals surface area (Å²) in [6.45, 7) is 0. The Morgan fingerprint density at radius 2 is 2.25 bits per heavy atom. The van der Waals surface area contributed by atoms with Crippen LogP contribution in [0.25, 0.3) is 0 Å². The molecule has 4 bridgehead atoms. The van der Waals surface area contributed by atoms with Crippen molar-refractivity contribution in [2.75, 3.05) is 0 Å². The van der Waals surface area contributed by atoms with E-state index in [9.17, 15) is 0 Å². The topological polar surface area (TPSA) is 57.2 Å². The maximum Gasteiger partial charge on any atom is 0.174 e. The van der Waals surface area contributed by atoms with E-state index in [2.05, 4.69) is 9.98 Å². The van der Waals surface area contributed by atoms with Crippen LogP contribution in [0.3, 0.4) is 0 Å². The van der Waals surface area contributed by atoms with Crippen LogP contribution < -0.4 is 5.73 Å². The molecule has 1 atom stereocenters. The summed E-state index contributed by atoms with van der Waals surface area (Å²) in [6.07, 6.45) is 7.21. The fourth-order valence-electron chi connectivity index (χ4n) is 1.46. The summed E-state index contributed by atoms with van der Waals surface area (Å²) >= 11 is 0. The molecule has 0 radical (unpaired) electrons. The highest BCUT2D eigenvalue weighted by Gasteiger charge is 2.32. The molecule has 0 saturated heterocycles. The molecular weight excluding hydrogens is 154 g/mol. The van der Waals surface area contributed by atoms with Crippen LogP contribution in [0.5, 0.6) is 0 Å². The molecule has 1 unspecified atom stereocenters. The van der Waals surface area contributed by atoms with Gasteiger partial charge in [0.2, 0.25) is 0 Å². The van der Waals surface area contributed by atoms with Crippen LogP contribution in [0.2, 0.25) is 0 Å². The monoisotopic (exact) mass is 161 g/mol. The molecule has 5 heteroatoms. The molecule has 0 aromatic carbocycles. The Morgan fingerprint density at radius 3 is 3.17 bits per heavy atom. The number of nitrogens with two attached hydrogens (primary N) is 1. The van der Waals surface area contributed by atoms with Crippen molar-refractivity contribution in [2.45, 2.75) is 6.17 Å². The minimum atomic E-state index is -0.0278. The summed E-state index contributed by atoms with van der Waals surface area (Å²) in [4.78, 5) is 12.1. The average molecular weight is 161 g/mol. The highest BCUT2D eigenvalue weighted by molar-refractivity contribution is 5.71. The fraction of sp³-hybridized carbons (Fsp3) is 0.143. The Balaban J connectivity index is 2.27. The zero-order valence-corrected chi connectivity index (χ0v) is 6.25. The third-order valence-electron chi connectivity index (χ3n) is 2.13. The van der Waals surface area contributed by atoms with Crippen molar-refractivity contribution >= 4 is 12.7 Å². The molecule has 5 nitrogen and oxygen atoms in total. The van der Waals surface area contributed by atoms with Crippen molar-refractivity contribution in [2.24, 2.45) is 15.7 Å². The van der Waals surface area contributed by atoms with Gasteiger partial charge in [0.15, 0.2) is 6.17 Å². The molecule has 2 N–H and O–H groups in total. The zero-order chi connectivity index (χ0) is 8.13. The second-order valence-corrected chi connectivity index (χ2v) is 2.81. The fourth-order valence-corrected chi connectivity index (χ4v) is 1.46. The van der Waals surface area contributed by atoms with Crippen molar-refractivity contribution in [3.05, 3.63) is 23.9 Å². The van der Waals surface area contributed by atoms with Crippen molar-refractivity contribution in [3.63, 3.8) is 0 Å². The average Bonchev–Trinajstić information content (AvgIpc) is 2.32. The number of nitrogens with zero attached hydrogens (tertiary/aromatic N) is 4. The van der Waals surface area contributed by atoms with Gasteiger partial charge in [-0.05, 0) is 0 Å². The Labute approximate surface area is 69.2 Å². The largest absolute Gasteiger partial charge is 0.383 e. The lowest BCUT2D eigenvalue weighted by atomic mass is 10.3. The van der Waals surface area contributed by atoms with Gasteiger partial charge in [0.1, 0.15) is 11.5 Å². The summed E-state index contributed by atoms with van der Waals surface area (Å²) in [7, 11) is 0. The van der Waals surface area contributed by atoms with Crippen LogP contribution in [0, 0.1) is 0 Å². The van der Waals surface area contributed by atoms with Gasteiger partial charge >= 0.3 is 0 Å². The van der Waals surface area contributed by atoms with E-state index in [4.69, 9.17) is 5.73 Å². The molecule has 12 heavy (non-hydrogen) atoms. The Hall–Kier alpha value is -1.78. The minimum Gasteiger partial charge on any atom is -0.383 e. The van der Waals surface area contributed by atoms with Gasteiger partial charge in [0.25, 0.3) is 0 Å². The normalized spacial score (nSPS) is 29.2. The molecule has 0 aromatic rings. The lowest BCUT2D eigenvalue weighted by Gasteiger charge is -2.21. The van der Waals surface area contributed by atoms with E-state index in [1.807, 2.05) is 17.3 Å². The van der Waals surface area contributed by atoms with Gasteiger partial charge in [-0.3, -0.25) is 4.90 Å². The molecule has 0 spiro atoms. The molecule has 4 aliphatic heterocycles. The molecule has 0 aromatic heterocycles. The number of rotatable bonds is 0. The molecule has 4 heterocycles. The first kappa shape index (κ1) is 5.82.